The molecule has 1 nitrogen and oxygen atoms in total. The Morgan fingerprint density at radius 2 is 2.14 bits per heavy atom. The fraction of sp³-hybridized carbons (Fsp3) is 0.538. The lowest BCUT2D eigenvalue weighted by atomic mass is 9.75. The lowest BCUT2D eigenvalue weighted by Crippen LogP contribution is -2.22. The average Bonchev–Trinajstić information content (AvgIpc) is 2.16. The first-order valence-corrected chi connectivity index (χ1v) is 5.29. The van der Waals surface area contributed by atoms with Gasteiger partial charge in [0.15, 0.2) is 0 Å². The highest BCUT2D eigenvalue weighted by Crippen LogP contribution is 2.38. The monoisotopic (exact) mass is 190 g/mol. The van der Waals surface area contributed by atoms with E-state index in [1.807, 2.05) is 6.26 Å². The minimum atomic E-state index is 0.333. The molecule has 0 spiro atoms. The summed E-state index contributed by atoms with van der Waals surface area (Å²) in [5, 5.41) is 0. The van der Waals surface area contributed by atoms with E-state index in [1.165, 1.54) is 11.3 Å². The van der Waals surface area contributed by atoms with E-state index in [-0.39, 0.29) is 0 Å². The molecular formula is C13H18O. The Morgan fingerprint density at radius 1 is 1.36 bits per heavy atom. The molecule has 0 saturated carbocycles. The summed E-state index contributed by atoms with van der Waals surface area (Å²) in [6, 6.07) is 0. The zero-order valence-corrected chi connectivity index (χ0v) is 9.21. The molecule has 0 amide bonds. The van der Waals surface area contributed by atoms with Gasteiger partial charge in [-0.25, -0.2) is 0 Å². The van der Waals surface area contributed by atoms with Crippen LogP contribution in [-0.4, -0.2) is 0 Å². The van der Waals surface area contributed by atoms with Crippen LogP contribution in [0, 0.1) is 11.3 Å². The first-order chi connectivity index (χ1) is 6.57. The zero-order valence-electron chi connectivity index (χ0n) is 9.21. The highest BCUT2D eigenvalue weighted by Gasteiger charge is 2.27. The summed E-state index contributed by atoms with van der Waals surface area (Å²) in [5.41, 5.74) is 1.69. The van der Waals surface area contributed by atoms with Crippen LogP contribution in [0.25, 0.3) is 0 Å². The first-order valence-electron chi connectivity index (χ1n) is 5.29. The van der Waals surface area contributed by atoms with Gasteiger partial charge >= 0.3 is 0 Å². The van der Waals surface area contributed by atoms with Crippen molar-refractivity contribution >= 4 is 0 Å². The predicted octanol–water partition coefficient (Wildman–Crippen LogP) is 3.80. The molecule has 0 radical (unpaired) electrons. The SMILES string of the molecule is CC(C)(C)C1C=CC2=C(C1)OC=CC2. The average molecular weight is 190 g/mol. The molecular weight excluding hydrogens is 172 g/mol. The van der Waals surface area contributed by atoms with E-state index < -0.39 is 0 Å². The van der Waals surface area contributed by atoms with Gasteiger partial charge in [0.05, 0.1) is 6.26 Å². The van der Waals surface area contributed by atoms with E-state index in [0.29, 0.717) is 11.3 Å². The Bertz CT molecular complexity index is 313. The van der Waals surface area contributed by atoms with Crippen molar-refractivity contribution in [2.24, 2.45) is 11.3 Å². The van der Waals surface area contributed by atoms with Gasteiger partial charge < -0.3 is 4.74 Å². The lowest BCUT2D eigenvalue weighted by molar-refractivity contribution is 0.234. The van der Waals surface area contributed by atoms with E-state index in [1.54, 1.807) is 0 Å². The van der Waals surface area contributed by atoms with Crippen LogP contribution in [0.4, 0.5) is 0 Å². The fourth-order valence-electron chi connectivity index (χ4n) is 1.93. The summed E-state index contributed by atoms with van der Waals surface area (Å²) in [4.78, 5) is 0. The molecule has 76 valence electrons. The third kappa shape index (κ3) is 1.77. The van der Waals surface area contributed by atoms with Crippen LogP contribution in [0.15, 0.2) is 35.8 Å². The van der Waals surface area contributed by atoms with E-state index in [9.17, 15) is 0 Å². The highest BCUT2D eigenvalue weighted by atomic mass is 16.5. The van der Waals surface area contributed by atoms with Crippen LogP contribution in [0.3, 0.4) is 0 Å². The van der Waals surface area contributed by atoms with Crippen molar-refractivity contribution in [3.8, 4) is 0 Å². The molecule has 1 heterocycles. The maximum atomic E-state index is 5.56. The first kappa shape index (κ1) is 9.57. The van der Waals surface area contributed by atoms with Gasteiger partial charge in [-0.05, 0) is 29.4 Å². The van der Waals surface area contributed by atoms with Gasteiger partial charge in [0.25, 0.3) is 0 Å². The van der Waals surface area contributed by atoms with Crippen molar-refractivity contribution in [1.29, 1.82) is 0 Å². The number of hydrogen-bond donors (Lipinski definition) is 0. The van der Waals surface area contributed by atoms with E-state index in [4.69, 9.17) is 4.74 Å². The second-order valence-electron chi connectivity index (χ2n) is 5.18. The predicted molar refractivity (Wildman–Crippen MR) is 58.6 cm³/mol. The van der Waals surface area contributed by atoms with Crippen LogP contribution < -0.4 is 0 Å². The van der Waals surface area contributed by atoms with Crippen LogP contribution in [0.1, 0.15) is 33.6 Å². The van der Waals surface area contributed by atoms with Crippen LogP contribution in [0.2, 0.25) is 0 Å². The van der Waals surface area contributed by atoms with Gasteiger partial charge in [-0.15, -0.1) is 0 Å². The number of rotatable bonds is 0. The smallest absolute Gasteiger partial charge is 0.107 e. The van der Waals surface area contributed by atoms with Gasteiger partial charge in [-0.1, -0.05) is 32.9 Å². The Morgan fingerprint density at radius 3 is 2.86 bits per heavy atom. The quantitative estimate of drug-likeness (QED) is 0.564. The molecule has 0 bridgehead atoms. The molecule has 2 rings (SSSR count). The third-order valence-electron chi connectivity index (χ3n) is 3.05. The standard InChI is InChI=1S/C13H18O/c1-13(2,3)11-7-6-10-5-4-8-14-12(10)9-11/h4,6-8,11H,5,9H2,1-3H3. The summed E-state index contributed by atoms with van der Waals surface area (Å²) in [7, 11) is 0. The fourth-order valence-corrected chi connectivity index (χ4v) is 1.93. The van der Waals surface area contributed by atoms with E-state index in [0.717, 1.165) is 12.8 Å². The molecule has 2 aliphatic rings. The minimum Gasteiger partial charge on any atom is -0.469 e. The summed E-state index contributed by atoms with van der Waals surface area (Å²) in [5.74, 6) is 1.78. The Labute approximate surface area is 86.2 Å². The molecule has 1 unspecified atom stereocenters. The van der Waals surface area contributed by atoms with Gasteiger partial charge in [-0.3, -0.25) is 0 Å². The molecule has 0 N–H and O–H groups in total. The van der Waals surface area contributed by atoms with E-state index >= 15 is 0 Å². The molecule has 14 heavy (non-hydrogen) atoms. The van der Waals surface area contributed by atoms with Gasteiger partial charge in [0.1, 0.15) is 5.76 Å². The molecule has 0 saturated heterocycles. The maximum Gasteiger partial charge on any atom is 0.107 e. The van der Waals surface area contributed by atoms with Gasteiger partial charge in [-0.2, -0.15) is 0 Å². The largest absolute Gasteiger partial charge is 0.469 e. The Kier molecular flexibility index (Phi) is 2.26. The van der Waals surface area contributed by atoms with Gasteiger partial charge in [0.2, 0.25) is 0 Å². The summed E-state index contributed by atoms with van der Waals surface area (Å²) in [6.45, 7) is 6.85. The lowest BCUT2D eigenvalue weighted by Gasteiger charge is -2.32. The molecule has 1 atom stereocenters. The van der Waals surface area contributed by atoms with Gasteiger partial charge in [0, 0.05) is 6.42 Å². The normalized spacial score (nSPS) is 26.1. The summed E-state index contributed by atoms with van der Waals surface area (Å²) in [6.07, 6.45) is 10.5. The number of hydrogen-bond acceptors (Lipinski definition) is 1. The Hall–Kier alpha value is -0.980. The third-order valence-corrected chi connectivity index (χ3v) is 3.05. The van der Waals surface area contributed by atoms with Crippen molar-refractivity contribution < 1.29 is 4.74 Å². The van der Waals surface area contributed by atoms with Crippen molar-refractivity contribution in [3.63, 3.8) is 0 Å². The molecule has 0 aromatic heterocycles. The van der Waals surface area contributed by atoms with E-state index in [2.05, 4.69) is 39.0 Å². The Balaban J connectivity index is 2.15. The molecule has 1 aliphatic carbocycles. The second kappa shape index (κ2) is 3.30. The van der Waals surface area contributed by atoms with Crippen molar-refractivity contribution in [2.45, 2.75) is 33.6 Å². The summed E-state index contributed by atoms with van der Waals surface area (Å²) >= 11 is 0. The topological polar surface area (TPSA) is 9.23 Å². The number of ether oxygens (including phenoxy) is 1. The molecule has 0 aromatic carbocycles. The van der Waals surface area contributed by atoms with Crippen molar-refractivity contribution in [2.75, 3.05) is 0 Å². The molecule has 0 aromatic rings. The second-order valence-corrected chi connectivity index (χ2v) is 5.18. The van der Waals surface area contributed by atoms with Crippen molar-refractivity contribution in [3.05, 3.63) is 35.8 Å². The maximum absolute atomic E-state index is 5.56. The molecule has 1 heteroatoms. The number of allylic oxidation sites excluding steroid dienone is 5. The van der Waals surface area contributed by atoms with Crippen molar-refractivity contribution in [1.82, 2.24) is 0 Å². The highest BCUT2D eigenvalue weighted by molar-refractivity contribution is 5.32. The summed E-state index contributed by atoms with van der Waals surface area (Å²) < 4.78 is 5.56. The minimum absolute atomic E-state index is 0.333. The molecule has 1 aliphatic heterocycles. The van der Waals surface area contributed by atoms with Crippen LogP contribution in [-0.2, 0) is 4.74 Å². The van der Waals surface area contributed by atoms with Crippen LogP contribution >= 0.6 is 0 Å². The van der Waals surface area contributed by atoms with Crippen LogP contribution in [0.5, 0.6) is 0 Å². The zero-order chi connectivity index (χ0) is 10.2. The molecule has 0 fully saturated rings.